The Morgan fingerprint density at radius 2 is 1.66 bits per heavy atom. The van der Waals surface area contributed by atoms with Gasteiger partial charge in [0.2, 0.25) is 0 Å². The molecule has 0 amide bonds. The second-order valence-electron chi connectivity index (χ2n) is 6.54. The summed E-state index contributed by atoms with van der Waals surface area (Å²) in [6, 6.07) is 22.4. The van der Waals surface area contributed by atoms with Crippen molar-refractivity contribution >= 4 is 11.8 Å². The van der Waals surface area contributed by atoms with Crippen LogP contribution in [0.25, 0.3) is 17.1 Å². The fourth-order valence-electron chi connectivity index (χ4n) is 3.15. The second-order valence-corrected chi connectivity index (χ2v) is 7.48. The summed E-state index contributed by atoms with van der Waals surface area (Å²) < 4.78 is 20.9. The molecule has 146 valence electrons. The number of halogens is 1. The Bertz CT molecular complexity index is 1130. The van der Waals surface area contributed by atoms with Crippen LogP contribution in [0, 0.1) is 12.7 Å². The topological polar surface area (TPSA) is 39.9 Å². The Hall–Kier alpha value is -3.12. The van der Waals surface area contributed by atoms with Crippen LogP contribution in [0.1, 0.15) is 11.1 Å². The van der Waals surface area contributed by atoms with Gasteiger partial charge in [-0.3, -0.25) is 4.57 Å². The van der Waals surface area contributed by atoms with Crippen LogP contribution in [0.15, 0.2) is 78.0 Å². The number of hydrogen-bond acceptors (Lipinski definition) is 4. The van der Waals surface area contributed by atoms with Crippen molar-refractivity contribution in [3.8, 4) is 22.8 Å². The van der Waals surface area contributed by atoms with E-state index in [2.05, 4.69) is 23.2 Å². The zero-order chi connectivity index (χ0) is 20.2. The van der Waals surface area contributed by atoms with Gasteiger partial charge in [-0.15, -0.1) is 10.2 Å². The lowest BCUT2D eigenvalue weighted by Gasteiger charge is -2.13. The van der Waals surface area contributed by atoms with Crippen molar-refractivity contribution < 1.29 is 9.13 Å². The summed E-state index contributed by atoms with van der Waals surface area (Å²) in [5.41, 5.74) is 4.00. The molecule has 0 radical (unpaired) electrons. The molecule has 4 rings (SSSR count). The molecule has 0 atom stereocenters. The highest BCUT2D eigenvalue weighted by Gasteiger charge is 2.18. The number of aryl methyl sites for hydroxylation is 1. The molecule has 1 heterocycles. The molecular formula is C23H20FN3OS. The number of rotatable bonds is 6. The normalized spacial score (nSPS) is 10.9. The first-order valence-corrected chi connectivity index (χ1v) is 10.2. The van der Waals surface area contributed by atoms with E-state index < -0.39 is 0 Å². The molecule has 4 aromatic rings. The predicted molar refractivity (Wildman–Crippen MR) is 114 cm³/mol. The number of hydrogen-bond donors (Lipinski definition) is 0. The fourth-order valence-corrected chi connectivity index (χ4v) is 4.08. The zero-order valence-electron chi connectivity index (χ0n) is 16.2. The first kappa shape index (κ1) is 19.2. The third kappa shape index (κ3) is 4.03. The zero-order valence-corrected chi connectivity index (χ0v) is 17.0. The molecule has 0 saturated carbocycles. The Morgan fingerprint density at radius 1 is 0.931 bits per heavy atom. The van der Waals surface area contributed by atoms with Crippen LogP contribution < -0.4 is 4.74 Å². The van der Waals surface area contributed by atoms with Crippen LogP contribution in [-0.4, -0.2) is 21.9 Å². The quantitative estimate of drug-likeness (QED) is 0.387. The van der Waals surface area contributed by atoms with Crippen LogP contribution in [0.5, 0.6) is 5.75 Å². The van der Waals surface area contributed by atoms with Gasteiger partial charge >= 0.3 is 0 Å². The minimum Gasteiger partial charge on any atom is -0.496 e. The van der Waals surface area contributed by atoms with Crippen LogP contribution in [0.2, 0.25) is 0 Å². The third-order valence-electron chi connectivity index (χ3n) is 4.64. The van der Waals surface area contributed by atoms with E-state index in [-0.39, 0.29) is 5.82 Å². The van der Waals surface area contributed by atoms with E-state index in [1.807, 2.05) is 47.0 Å². The first-order valence-electron chi connectivity index (χ1n) is 9.19. The molecule has 0 saturated heterocycles. The Labute approximate surface area is 173 Å². The average molecular weight is 405 g/mol. The summed E-state index contributed by atoms with van der Waals surface area (Å²) in [6.07, 6.45) is 0. The lowest BCUT2D eigenvalue weighted by molar-refractivity contribution is 0.411. The Balaban J connectivity index is 1.76. The van der Waals surface area contributed by atoms with Gasteiger partial charge in [0.25, 0.3) is 0 Å². The molecule has 1 aromatic heterocycles. The van der Waals surface area contributed by atoms with E-state index in [4.69, 9.17) is 4.74 Å². The summed E-state index contributed by atoms with van der Waals surface area (Å²) >= 11 is 1.59. The third-order valence-corrected chi connectivity index (χ3v) is 5.62. The number of ether oxygens (including phenoxy) is 1. The fraction of sp³-hybridized carbons (Fsp3) is 0.130. The SMILES string of the molecule is COc1ccccc1CSc1nnc(-c2ccc(F)cc2)n1-c1ccccc1C. The number of benzene rings is 3. The molecule has 29 heavy (non-hydrogen) atoms. The minimum atomic E-state index is -0.276. The maximum Gasteiger partial charge on any atom is 0.196 e. The highest BCUT2D eigenvalue weighted by atomic mass is 32.2. The number of aromatic nitrogens is 3. The van der Waals surface area contributed by atoms with Gasteiger partial charge in [-0.05, 0) is 48.9 Å². The standard InChI is InChI=1S/C23H20FN3OS/c1-16-7-3-5-9-20(16)27-22(17-11-13-19(24)14-12-17)25-26-23(27)29-15-18-8-4-6-10-21(18)28-2/h3-14H,15H2,1-2H3. The van der Waals surface area contributed by atoms with Gasteiger partial charge in [0, 0.05) is 16.9 Å². The van der Waals surface area contributed by atoms with E-state index in [0.717, 1.165) is 33.3 Å². The Kier molecular flexibility index (Phi) is 5.62. The van der Waals surface area contributed by atoms with Gasteiger partial charge in [0.05, 0.1) is 12.8 Å². The smallest absolute Gasteiger partial charge is 0.196 e. The van der Waals surface area contributed by atoms with Crippen LogP contribution in [0.4, 0.5) is 4.39 Å². The molecule has 6 heteroatoms. The highest BCUT2D eigenvalue weighted by molar-refractivity contribution is 7.98. The first-order chi connectivity index (χ1) is 14.2. The van der Waals surface area contributed by atoms with Crippen LogP contribution >= 0.6 is 11.8 Å². The number of methoxy groups -OCH3 is 1. The van der Waals surface area contributed by atoms with Gasteiger partial charge in [0.15, 0.2) is 11.0 Å². The second kappa shape index (κ2) is 8.49. The Morgan fingerprint density at radius 3 is 2.41 bits per heavy atom. The van der Waals surface area contributed by atoms with Crippen LogP contribution in [0.3, 0.4) is 0 Å². The van der Waals surface area contributed by atoms with Crippen molar-refractivity contribution in [3.05, 3.63) is 89.7 Å². The van der Waals surface area contributed by atoms with Gasteiger partial charge in [0.1, 0.15) is 11.6 Å². The van der Waals surface area contributed by atoms with E-state index in [9.17, 15) is 4.39 Å². The molecule has 0 bridgehead atoms. The summed E-state index contributed by atoms with van der Waals surface area (Å²) in [7, 11) is 1.67. The summed E-state index contributed by atoms with van der Waals surface area (Å²) in [6.45, 7) is 2.05. The van der Waals surface area contributed by atoms with Crippen molar-refractivity contribution in [3.63, 3.8) is 0 Å². The van der Waals surface area contributed by atoms with Crippen LogP contribution in [-0.2, 0) is 5.75 Å². The van der Waals surface area contributed by atoms with Gasteiger partial charge in [-0.2, -0.15) is 0 Å². The predicted octanol–water partition coefficient (Wildman–Crippen LogP) is 5.68. The van der Waals surface area contributed by atoms with E-state index >= 15 is 0 Å². The van der Waals surface area contributed by atoms with Gasteiger partial charge in [-0.1, -0.05) is 48.2 Å². The average Bonchev–Trinajstić information content (AvgIpc) is 3.17. The molecule has 0 spiro atoms. The maximum atomic E-state index is 13.4. The minimum absolute atomic E-state index is 0.276. The molecule has 3 aromatic carbocycles. The van der Waals surface area contributed by atoms with Crippen molar-refractivity contribution in [2.75, 3.05) is 7.11 Å². The van der Waals surface area contributed by atoms with E-state index in [1.165, 1.54) is 12.1 Å². The number of thioether (sulfide) groups is 1. The van der Waals surface area contributed by atoms with Crippen molar-refractivity contribution in [1.82, 2.24) is 14.8 Å². The summed E-state index contributed by atoms with van der Waals surface area (Å²) in [5.74, 6) is 1.95. The molecule has 0 aliphatic carbocycles. The van der Waals surface area contributed by atoms with Gasteiger partial charge in [-0.25, -0.2) is 4.39 Å². The largest absolute Gasteiger partial charge is 0.496 e. The van der Waals surface area contributed by atoms with Crippen molar-refractivity contribution in [1.29, 1.82) is 0 Å². The van der Waals surface area contributed by atoms with Crippen molar-refractivity contribution in [2.24, 2.45) is 0 Å². The molecule has 4 nitrogen and oxygen atoms in total. The molecule has 0 aliphatic rings. The molecule has 0 N–H and O–H groups in total. The lowest BCUT2D eigenvalue weighted by atomic mass is 10.1. The lowest BCUT2D eigenvalue weighted by Crippen LogP contribution is -2.02. The maximum absolute atomic E-state index is 13.4. The summed E-state index contributed by atoms with van der Waals surface area (Å²) in [5, 5.41) is 9.64. The molecule has 0 unspecified atom stereocenters. The summed E-state index contributed by atoms with van der Waals surface area (Å²) in [4.78, 5) is 0. The number of nitrogens with zero attached hydrogens (tertiary/aromatic N) is 3. The van der Waals surface area contributed by atoms with E-state index in [1.54, 1.807) is 31.0 Å². The molecular weight excluding hydrogens is 385 g/mol. The molecule has 0 aliphatic heterocycles. The monoisotopic (exact) mass is 405 g/mol. The highest BCUT2D eigenvalue weighted by Crippen LogP contribution is 2.32. The van der Waals surface area contributed by atoms with E-state index in [0.29, 0.717) is 11.6 Å². The molecule has 0 fully saturated rings. The van der Waals surface area contributed by atoms with Gasteiger partial charge < -0.3 is 4.74 Å². The number of para-hydroxylation sites is 2. The van der Waals surface area contributed by atoms with Crippen molar-refractivity contribution in [2.45, 2.75) is 17.8 Å².